The molecule has 0 aliphatic heterocycles. The smallest absolute Gasteiger partial charge is 0.330 e. The Morgan fingerprint density at radius 3 is 2.82 bits per heavy atom. The van der Waals surface area contributed by atoms with Gasteiger partial charge in [0.05, 0.1) is 13.7 Å². The Hall–Kier alpha value is -1.97. The second-order valence-electron chi connectivity index (χ2n) is 3.14. The van der Waals surface area contributed by atoms with Crippen molar-refractivity contribution in [3.8, 4) is 11.5 Å². The third-order valence-electron chi connectivity index (χ3n) is 1.93. The molecule has 0 saturated heterocycles. The molecule has 0 atom stereocenters. The Labute approximate surface area is 101 Å². The van der Waals surface area contributed by atoms with E-state index in [1.54, 1.807) is 26.2 Å². The molecule has 0 aromatic heterocycles. The Kier molecular flexibility index (Phi) is 5.64. The van der Waals surface area contributed by atoms with Crippen molar-refractivity contribution in [1.29, 1.82) is 0 Å². The van der Waals surface area contributed by atoms with E-state index in [1.807, 2.05) is 18.2 Å². The quantitative estimate of drug-likeness (QED) is 0.561. The van der Waals surface area contributed by atoms with Crippen LogP contribution in [-0.2, 0) is 9.53 Å². The van der Waals surface area contributed by atoms with Gasteiger partial charge in [0.15, 0.2) is 0 Å². The van der Waals surface area contributed by atoms with Gasteiger partial charge in [-0.15, -0.1) is 0 Å². The zero-order chi connectivity index (χ0) is 12.5. The molecular weight excluding hydrogens is 220 g/mol. The van der Waals surface area contributed by atoms with Crippen molar-refractivity contribution in [1.82, 2.24) is 0 Å². The van der Waals surface area contributed by atoms with E-state index < -0.39 is 0 Å². The summed E-state index contributed by atoms with van der Waals surface area (Å²) in [4.78, 5) is 11.0. The van der Waals surface area contributed by atoms with Crippen molar-refractivity contribution in [2.75, 3.05) is 20.3 Å². The molecule has 1 aromatic carbocycles. The lowest BCUT2D eigenvalue weighted by molar-refractivity contribution is -0.137. The standard InChI is InChI=1S/C13H16O4/c1-3-16-13(14)8-5-9-17-12-7-4-6-11(10-12)15-2/h4-8,10H,3,9H2,1-2H3/b8-5+. The summed E-state index contributed by atoms with van der Waals surface area (Å²) in [5.41, 5.74) is 0. The first-order valence-corrected chi connectivity index (χ1v) is 5.36. The van der Waals surface area contributed by atoms with E-state index in [9.17, 15) is 4.79 Å². The van der Waals surface area contributed by atoms with Crippen LogP contribution in [0.2, 0.25) is 0 Å². The Morgan fingerprint density at radius 1 is 1.35 bits per heavy atom. The molecule has 1 aromatic rings. The molecular formula is C13H16O4. The molecule has 0 radical (unpaired) electrons. The van der Waals surface area contributed by atoms with Crippen LogP contribution < -0.4 is 9.47 Å². The number of carbonyl (C=O) groups excluding carboxylic acids is 1. The van der Waals surface area contributed by atoms with Gasteiger partial charge in [-0.2, -0.15) is 0 Å². The van der Waals surface area contributed by atoms with Gasteiger partial charge in [-0.05, 0) is 25.1 Å². The minimum absolute atomic E-state index is 0.311. The Morgan fingerprint density at radius 2 is 2.12 bits per heavy atom. The lowest BCUT2D eigenvalue weighted by Crippen LogP contribution is -2.00. The molecule has 4 heteroatoms. The molecule has 0 amide bonds. The number of carbonyl (C=O) groups is 1. The maximum atomic E-state index is 11.0. The van der Waals surface area contributed by atoms with Crippen molar-refractivity contribution < 1.29 is 19.0 Å². The van der Waals surface area contributed by atoms with Crippen LogP contribution in [0.25, 0.3) is 0 Å². The molecule has 0 N–H and O–H groups in total. The van der Waals surface area contributed by atoms with Gasteiger partial charge in [-0.3, -0.25) is 0 Å². The normalized spacial score (nSPS) is 10.2. The van der Waals surface area contributed by atoms with Gasteiger partial charge in [0.25, 0.3) is 0 Å². The molecule has 0 aliphatic rings. The summed E-state index contributed by atoms with van der Waals surface area (Å²) in [6.07, 6.45) is 2.96. The first kappa shape index (κ1) is 13.1. The summed E-state index contributed by atoms with van der Waals surface area (Å²) in [5, 5.41) is 0. The van der Waals surface area contributed by atoms with Crippen molar-refractivity contribution >= 4 is 5.97 Å². The topological polar surface area (TPSA) is 44.8 Å². The predicted octanol–water partition coefficient (Wildman–Crippen LogP) is 2.19. The minimum atomic E-state index is -0.359. The van der Waals surface area contributed by atoms with E-state index in [0.717, 1.165) is 5.75 Å². The lowest BCUT2D eigenvalue weighted by Gasteiger charge is -2.04. The van der Waals surface area contributed by atoms with E-state index >= 15 is 0 Å². The average Bonchev–Trinajstić information content (AvgIpc) is 2.35. The highest BCUT2D eigenvalue weighted by Gasteiger charge is 1.96. The van der Waals surface area contributed by atoms with Gasteiger partial charge in [0.2, 0.25) is 0 Å². The molecule has 17 heavy (non-hydrogen) atoms. The van der Waals surface area contributed by atoms with Crippen LogP contribution in [0, 0.1) is 0 Å². The second-order valence-corrected chi connectivity index (χ2v) is 3.14. The first-order chi connectivity index (χ1) is 8.26. The highest BCUT2D eigenvalue weighted by molar-refractivity contribution is 5.81. The fraction of sp³-hybridized carbons (Fsp3) is 0.308. The summed E-state index contributed by atoms with van der Waals surface area (Å²) >= 11 is 0. The minimum Gasteiger partial charge on any atom is -0.497 e. The lowest BCUT2D eigenvalue weighted by atomic mass is 10.3. The number of hydrogen-bond donors (Lipinski definition) is 0. The van der Waals surface area contributed by atoms with Gasteiger partial charge in [0, 0.05) is 12.1 Å². The SMILES string of the molecule is CCOC(=O)/C=C/COc1cccc(OC)c1. The van der Waals surface area contributed by atoms with Crippen LogP contribution in [-0.4, -0.2) is 26.3 Å². The van der Waals surface area contributed by atoms with Crippen LogP contribution in [0.5, 0.6) is 11.5 Å². The number of hydrogen-bond acceptors (Lipinski definition) is 4. The van der Waals surface area contributed by atoms with Gasteiger partial charge in [-0.1, -0.05) is 6.07 Å². The highest BCUT2D eigenvalue weighted by Crippen LogP contribution is 2.18. The number of methoxy groups -OCH3 is 1. The summed E-state index contributed by atoms with van der Waals surface area (Å²) in [6, 6.07) is 7.27. The van der Waals surface area contributed by atoms with Crippen molar-refractivity contribution in [3.05, 3.63) is 36.4 Å². The predicted molar refractivity (Wildman–Crippen MR) is 64.3 cm³/mol. The number of ether oxygens (including phenoxy) is 3. The molecule has 0 heterocycles. The maximum absolute atomic E-state index is 11.0. The van der Waals surface area contributed by atoms with Crippen molar-refractivity contribution in [3.63, 3.8) is 0 Å². The van der Waals surface area contributed by atoms with Gasteiger partial charge in [-0.25, -0.2) is 4.79 Å². The monoisotopic (exact) mass is 236 g/mol. The Balaban J connectivity index is 2.37. The number of esters is 1. The molecule has 1 rings (SSSR count). The average molecular weight is 236 g/mol. The van der Waals surface area contributed by atoms with Crippen molar-refractivity contribution in [2.24, 2.45) is 0 Å². The van der Waals surface area contributed by atoms with Crippen LogP contribution >= 0.6 is 0 Å². The maximum Gasteiger partial charge on any atom is 0.330 e. The van der Waals surface area contributed by atoms with Crippen LogP contribution in [0.1, 0.15) is 6.92 Å². The molecule has 0 spiro atoms. The zero-order valence-electron chi connectivity index (χ0n) is 10.0. The summed E-state index contributed by atoms with van der Waals surface area (Å²) in [5.74, 6) is 1.07. The molecule has 0 saturated carbocycles. The molecule has 0 bridgehead atoms. The van der Waals surface area contributed by atoms with Gasteiger partial charge in [0.1, 0.15) is 18.1 Å². The second kappa shape index (κ2) is 7.33. The van der Waals surface area contributed by atoms with Crippen molar-refractivity contribution in [2.45, 2.75) is 6.92 Å². The fourth-order valence-electron chi connectivity index (χ4n) is 1.17. The van der Waals surface area contributed by atoms with Crippen LogP contribution in [0.15, 0.2) is 36.4 Å². The molecule has 92 valence electrons. The van der Waals surface area contributed by atoms with Crippen LogP contribution in [0.3, 0.4) is 0 Å². The summed E-state index contributed by atoms with van der Waals surface area (Å²) < 4.78 is 15.2. The summed E-state index contributed by atoms with van der Waals surface area (Å²) in [7, 11) is 1.60. The zero-order valence-corrected chi connectivity index (χ0v) is 10.0. The number of benzene rings is 1. The van der Waals surface area contributed by atoms with E-state index in [4.69, 9.17) is 14.2 Å². The van der Waals surface area contributed by atoms with E-state index in [1.165, 1.54) is 6.08 Å². The van der Waals surface area contributed by atoms with Gasteiger partial charge >= 0.3 is 5.97 Å². The van der Waals surface area contributed by atoms with Crippen LogP contribution in [0.4, 0.5) is 0 Å². The Bertz CT molecular complexity index is 385. The third kappa shape index (κ3) is 5.06. The van der Waals surface area contributed by atoms with Gasteiger partial charge < -0.3 is 14.2 Å². The first-order valence-electron chi connectivity index (χ1n) is 5.36. The van der Waals surface area contributed by atoms with E-state index in [0.29, 0.717) is 19.0 Å². The fourth-order valence-corrected chi connectivity index (χ4v) is 1.17. The molecule has 0 fully saturated rings. The molecule has 4 nitrogen and oxygen atoms in total. The van der Waals surface area contributed by atoms with E-state index in [-0.39, 0.29) is 5.97 Å². The third-order valence-corrected chi connectivity index (χ3v) is 1.93. The molecule has 0 unspecified atom stereocenters. The largest absolute Gasteiger partial charge is 0.497 e. The highest BCUT2D eigenvalue weighted by atomic mass is 16.5. The van der Waals surface area contributed by atoms with E-state index in [2.05, 4.69) is 0 Å². The summed E-state index contributed by atoms with van der Waals surface area (Å²) in [6.45, 7) is 2.45. The molecule has 0 aliphatic carbocycles. The number of rotatable bonds is 6.